The second kappa shape index (κ2) is 13.5. The highest BCUT2D eigenvalue weighted by Crippen LogP contribution is 2.39. The van der Waals surface area contributed by atoms with Gasteiger partial charge in [0.25, 0.3) is 5.91 Å². The third-order valence-corrected chi connectivity index (χ3v) is 9.32. The zero-order valence-electron chi connectivity index (χ0n) is 22.5. The Morgan fingerprint density at radius 2 is 1.67 bits per heavy atom. The molecule has 2 aromatic carbocycles. The number of hydrogen-bond donors (Lipinski definition) is 0. The van der Waals surface area contributed by atoms with E-state index in [4.69, 9.17) is 37.7 Å². The summed E-state index contributed by atoms with van der Waals surface area (Å²) in [5, 5.41) is 1.91. The third kappa shape index (κ3) is 7.14. The number of hydrogen-bond acceptors (Lipinski definition) is 5. The standard InChI is InChI=1S/C31H36Cl2N2O3S/c1-2-37-28-18-21(14-16-27(28)38-20-22-13-15-25(32)26(33)17-22)19-29-30(36)35(24-11-7-4-8-12-24)31(39-29)34-23-9-5-3-6-10-23/h13-19,23-24H,2-12,20H2,1H3. The molecule has 0 spiro atoms. The molecule has 208 valence electrons. The molecule has 3 aliphatic rings. The highest BCUT2D eigenvalue weighted by Gasteiger charge is 2.39. The lowest BCUT2D eigenvalue weighted by Crippen LogP contribution is -2.41. The van der Waals surface area contributed by atoms with Gasteiger partial charge in [-0.1, -0.05) is 73.9 Å². The summed E-state index contributed by atoms with van der Waals surface area (Å²) in [4.78, 5) is 21.6. The molecule has 0 aromatic heterocycles. The molecule has 5 rings (SSSR count). The van der Waals surface area contributed by atoms with E-state index in [1.807, 2.05) is 42.2 Å². The van der Waals surface area contributed by atoms with E-state index in [-0.39, 0.29) is 11.9 Å². The van der Waals surface area contributed by atoms with Gasteiger partial charge < -0.3 is 9.47 Å². The smallest absolute Gasteiger partial charge is 0.266 e. The minimum Gasteiger partial charge on any atom is -0.490 e. The first kappa shape index (κ1) is 28.4. The first-order valence-electron chi connectivity index (χ1n) is 14.2. The number of nitrogens with zero attached hydrogens (tertiary/aromatic N) is 2. The van der Waals surface area contributed by atoms with Crippen LogP contribution in [-0.4, -0.2) is 34.7 Å². The SMILES string of the molecule is CCOc1cc(C=C2SC(=NC3CCCCC3)N(C3CCCCC3)C2=O)ccc1OCc1ccc(Cl)c(Cl)c1. The van der Waals surface area contributed by atoms with E-state index in [1.54, 1.807) is 12.1 Å². The Morgan fingerprint density at radius 1 is 0.923 bits per heavy atom. The molecule has 2 aliphatic carbocycles. The number of amides is 1. The molecule has 1 aliphatic heterocycles. The van der Waals surface area contributed by atoms with Gasteiger partial charge in [0.05, 0.1) is 27.6 Å². The molecule has 0 bridgehead atoms. The van der Waals surface area contributed by atoms with Crippen molar-refractivity contribution in [3.8, 4) is 11.5 Å². The number of halogens is 2. The maximum absolute atomic E-state index is 13.7. The van der Waals surface area contributed by atoms with Gasteiger partial charge in [-0.25, -0.2) is 0 Å². The first-order valence-corrected chi connectivity index (χ1v) is 15.7. The number of carbonyl (C=O) groups is 1. The Balaban J connectivity index is 1.37. The van der Waals surface area contributed by atoms with Crippen molar-refractivity contribution in [3.05, 3.63) is 62.5 Å². The van der Waals surface area contributed by atoms with Crippen LogP contribution in [0.2, 0.25) is 10.0 Å². The number of amidine groups is 1. The Hall–Kier alpha value is -2.15. The summed E-state index contributed by atoms with van der Waals surface area (Å²) in [5.41, 5.74) is 1.82. The molecule has 2 saturated carbocycles. The highest BCUT2D eigenvalue weighted by atomic mass is 35.5. The van der Waals surface area contributed by atoms with Crippen molar-refractivity contribution in [1.29, 1.82) is 0 Å². The van der Waals surface area contributed by atoms with E-state index >= 15 is 0 Å². The van der Waals surface area contributed by atoms with Gasteiger partial charge in [-0.2, -0.15) is 0 Å². The molecule has 3 fully saturated rings. The maximum atomic E-state index is 13.7. The van der Waals surface area contributed by atoms with Gasteiger partial charge in [0.1, 0.15) is 6.61 Å². The lowest BCUT2D eigenvalue weighted by molar-refractivity contribution is -0.124. The fourth-order valence-electron chi connectivity index (χ4n) is 5.55. The number of benzene rings is 2. The van der Waals surface area contributed by atoms with Crippen molar-refractivity contribution in [3.63, 3.8) is 0 Å². The summed E-state index contributed by atoms with van der Waals surface area (Å²) >= 11 is 13.7. The van der Waals surface area contributed by atoms with Crippen LogP contribution in [0.25, 0.3) is 6.08 Å². The molecule has 1 saturated heterocycles. The summed E-state index contributed by atoms with van der Waals surface area (Å²) < 4.78 is 12.0. The van der Waals surface area contributed by atoms with E-state index in [2.05, 4.69) is 0 Å². The van der Waals surface area contributed by atoms with Crippen LogP contribution in [0.1, 0.15) is 82.3 Å². The van der Waals surface area contributed by atoms with E-state index in [0.29, 0.717) is 40.8 Å². The monoisotopic (exact) mass is 586 g/mol. The molecule has 5 nitrogen and oxygen atoms in total. The Labute approximate surface area is 245 Å². The van der Waals surface area contributed by atoms with Crippen LogP contribution in [0.15, 0.2) is 46.3 Å². The normalized spacial score (nSPS) is 21.2. The third-order valence-electron chi connectivity index (χ3n) is 7.59. The molecule has 39 heavy (non-hydrogen) atoms. The Morgan fingerprint density at radius 3 is 2.38 bits per heavy atom. The van der Waals surface area contributed by atoms with Crippen molar-refractivity contribution in [2.75, 3.05) is 6.61 Å². The van der Waals surface area contributed by atoms with Crippen LogP contribution >= 0.6 is 35.0 Å². The van der Waals surface area contributed by atoms with Gasteiger partial charge in [-0.05, 0) is 85.8 Å². The summed E-state index contributed by atoms with van der Waals surface area (Å²) in [6.07, 6.45) is 13.7. The number of thioether (sulfide) groups is 1. The zero-order valence-corrected chi connectivity index (χ0v) is 24.8. The van der Waals surface area contributed by atoms with Crippen molar-refractivity contribution in [2.45, 2.75) is 89.8 Å². The largest absolute Gasteiger partial charge is 0.490 e. The van der Waals surface area contributed by atoms with Crippen molar-refractivity contribution >= 4 is 52.1 Å². The van der Waals surface area contributed by atoms with Crippen molar-refractivity contribution < 1.29 is 14.3 Å². The minimum absolute atomic E-state index is 0.0827. The van der Waals surface area contributed by atoms with E-state index in [1.165, 1.54) is 50.3 Å². The average Bonchev–Trinajstić information content (AvgIpc) is 3.25. The van der Waals surface area contributed by atoms with Crippen LogP contribution in [0, 0.1) is 0 Å². The number of ether oxygens (including phenoxy) is 2. The molecule has 0 unspecified atom stereocenters. The number of aliphatic imine (C=N–C) groups is 1. The first-order chi connectivity index (χ1) is 19.0. The predicted octanol–water partition coefficient (Wildman–Crippen LogP) is 8.91. The van der Waals surface area contributed by atoms with Gasteiger partial charge in [-0.15, -0.1) is 0 Å². The molecule has 2 aromatic rings. The summed E-state index contributed by atoms with van der Waals surface area (Å²) in [6.45, 7) is 2.79. The van der Waals surface area contributed by atoms with Gasteiger partial charge in [0.2, 0.25) is 0 Å². The maximum Gasteiger partial charge on any atom is 0.266 e. The van der Waals surface area contributed by atoms with Crippen LogP contribution in [0.4, 0.5) is 0 Å². The lowest BCUT2D eigenvalue weighted by Gasteiger charge is -2.31. The second-order valence-electron chi connectivity index (χ2n) is 10.5. The Kier molecular flexibility index (Phi) is 9.80. The molecule has 0 atom stereocenters. The quantitative estimate of drug-likeness (QED) is 0.290. The van der Waals surface area contributed by atoms with Crippen LogP contribution in [-0.2, 0) is 11.4 Å². The average molecular weight is 588 g/mol. The highest BCUT2D eigenvalue weighted by molar-refractivity contribution is 8.18. The predicted molar refractivity (Wildman–Crippen MR) is 162 cm³/mol. The molecular formula is C31H36Cl2N2O3S. The second-order valence-corrected chi connectivity index (χ2v) is 12.3. The van der Waals surface area contributed by atoms with Crippen LogP contribution in [0.5, 0.6) is 11.5 Å². The molecular weight excluding hydrogens is 551 g/mol. The fraction of sp³-hybridized carbons (Fsp3) is 0.484. The molecule has 0 radical (unpaired) electrons. The van der Waals surface area contributed by atoms with Gasteiger partial charge in [-0.3, -0.25) is 14.7 Å². The van der Waals surface area contributed by atoms with E-state index in [9.17, 15) is 4.79 Å². The van der Waals surface area contributed by atoms with E-state index < -0.39 is 0 Å². The number of rotatable bonds is 8. The van der Waals surface area contributed by atoms with Crippen molar-refractivity contribution in [1.82, 2.24) is 4.90 Å². The summed E-state index contributed by atoms with van der Waals surface area (Å²) in [6, 6.07) is 11.8. The minimum atomic E-state index is 0.0827. The lowest BCUT2D eigenvalue weighted by atomic mass is 9.94. The summed E-state index contributed by atoms with van der Waals surface area (Å²) in [7, 11) is 0. The molecule has 8 heteroatoms. The van der Waals surface area contributed by atoms with Crippen LogP contribution in [0.3, 0.4) is 0 Å². The number of carbonyl (C=O) groups excluding carboxylic acids is 1. The molecule has 1 heterocycles. The van der Waals surface area contributed by atoms with Crippen LogP contribution < -0.4 is 9.47 Å². The van der Waals surface area contributed by atoms with Gasteiger partial charge in [0.15, 0.2) is 16.7 Å². The zero-order chi connectivity index (χ0) is 27.2. The fourth-order valence-corrected chi connectivity index (χ4v) is 6.98. The van der Waals surface area contributed by atoms with Gasteiger partial charge >= 0.3 is 0 Å². The van der Waals surface area contributed by atoms with Gasteiger partial charge in [0, 0.05) is 6.04 Å². The Bertz CT molecular complexity index is 1240. The topological polar surface area (TPSA) is 51.1 Å². The van der Waals surface area contributed by atoms with Crippen molar-refractivity contribution in [2.24, 2.45) is 4.99 Å². The molecule has 1 amide bonds. The van der Waals surface area contributed by atoms with E-state index in [0.717, 1.165) is 46.9 Å². The summed E-state index contributed by atoms with van der Waals surface area (Å²) in [5.74, 6) is 1.36. The molecule has 0 N–H and O–H groups in total.